The molecule has 92 valence electrons. The maximum Gasteiger partial charge on any atom is 0.242 e. The molecule has 0 saturated carbocycles. The van der Waals surface area contributed by atoms with Crippen molar-refractivity contribution in [3.63, 3.8) is 0 Å². The SMILES string of the molecule is [N-]=N/N=C/ONc1ccc(-n2[nH]nnc2=S)cc1. The molecule has 2 aromatic rings. The lowest BCUT2D eigenvalue weighted by Gasteiger charge is -2.06. The summed E-state index contributed by atoms with van der Waals surface area (Å²) in [5.41, 5.74) is 12.1. The molecule has 0 amide bonds. The molecule has 2 N–H and O–H groups in total. The zero-order valence-corrected chi connectivity index (χ0v) is 9.70. The van der Waals surface area contributed by atoms with Crippen molar-refractivity contribution in [3.8, 4) is 5.69 Å². The second-order valence-corrected chi connectivity index (χ2v) is 3.36. The van der Waals surface area contributed by atoms with Crippen LogP contribution in [0.1, 0.15) is 0 Å². The zero-order valence-electron chi connectivity index (χ0n) is 8.89. The molecule has 0 aliphatic carbocycles. The number of tetrazole rings is 1. The second-order valence-electron chi connectivity index (χ2n) is 3.00. The van der Waals surface area contributed by atoms with Gasteiger partial charge in [0, 0.05) is 0 Å². The highest BCUT2D eigenvalue weighted by atomic mass is 32.1. The van der Waals surface area contributed by atoms with Crippen LogP contribution < -0.4 is 5.48 Å². The minimum atomic E-state index is 0.337. The van der Waals surface area contributed by atoms with Crippen LogP contribution in [-0.2, 0) is 4.84 Å². The molecular weight excluding hydrogens is 256 g/mol. The molecule has 0 spiro atoms. The van der Waals surface area contributed by atoms with Gasteiger partial charge in [-0.2, -0.15) is 5.21 Å². The van der Waals surface area contributed by atoms with E-state index in [1.807, 2.05) is 0 Å². The molecule has 1 aromatic carbocycles. The summed E-state index contributed by atoms with van der Waals surface area (Å²) in [7, 11) is 0. The van der Waals surface area contributed by atoms with Crippen molar-refractivity contribution >= 4 is 24.3 Å². The van der Waals surface area contributed by atoms with Crippen molar-refractivity contribution < 1.29 is 4.84 Å². The normalized spacial score (nSPS) is 10.4. The predicted molar refractivity (Wildman–Crippen MR) is 65.5 cm³/mol. The minimum Gasteiger partial charge on any atom is -0.393 e. The third-order valence-electron chi connectivity index (χ3n) is 1.93. The first-order chi connectivity index (χ1) is 8.81. The number of H-pyrrole nitrogens is 1. The van der Waals surface area contributed by atoms with Crippen LogP contribution >= 0.6 is 12.2 Å². The van der Waals surface area contributed by atoms with E-state index in [9.17, 15) is 0 Å². The summed E-state index contributed by atoms with van der Waals surface area (Å²) in [4.78, 5) is 4.76. The van der Waals surface area contributed by atoms with Gasteiger partial charge >= 0.3 is 0 Å². The molecule has 0 atom stereocenters. The molecule has 0 saturated heterocycles. The Balaban J connectivity index is 2.06. The number of benzene rings is 1. The number of aromatic nitrogens is 4. The first kappa shape index (κ1) is 11.9. The van der Waals surface area contributed by atoms with Crippen molar-refractivity contribution in [2.75, 3.05) is 5.48 Å². The van der Waals surface area contributed by atoms with Gasteiger partial charge in [-0.05, 0) is 36.5 Å². The van der Waals surface area contributed by atoms with E-state index in [0.29, 0.717) is 10.5 Å². The van der Waals surface area contributed by atoms with Crippen LogP contribution in [-0.4, -0.2) is 26.6 Å². The number of aromatic amines is 1. The van der Waals surface area contributed by atoms with E-state index in [1.54, 1.807) is 28.9 Å². The molecule has 10 heteroatoms. The van der Waals surface area contributed by atoms with Crippen molar-refractivity contribution in [1.29, 1.82) is 0 Å². The Labute approximate surface area is 106 Å². The van der Waals surface area contributed by atoms with Gasteiger partial charge in [-0.25, -0.2) is 10.2 Å². The second kappa shape index (κ2) is 5.63. The largest absolute Gasteiger partial charge is 0.393 e. The predicted octanol–water partition coefficient (Wildman–Crippen LogP) is 1.63. The lowest BCUT2D eigenvalue weighted by Crippen LogP contribution is -2.00. The molecule has 9 nitrogen and oxygen atoms in total. The molecule has 0 unspecified atom stereocenters. The number of nitrogens with one attached hydrogen (secondary N) is 2. The van der Waals surface area contributed by atoms with Gasteiger partial charge in [-0.1, -0.05) is 10.3 Å². The molecule has 0 fully saturated rings. The summed E-state index contributed by atoms with van der Waals surface area (Å²) in [5, 5.41) is 15.5. The Hall–Kier alpha value is -2.62. The number of anilines is 1. The molecule has 1 aromatic heterocycles. The Morgan fingerprint density at radius 3 is 2.83 bits per heavy atom. The van der Waals surface area contributed by atoms with E-state index in [2.05, 4.69) is 31.3 Å². The van der Waals surface area contributed by atoms with Gasteiger partial charge < -0.3 is 15.5 Å². The van der Waals surface area contributed by atoms with Crippen LogP contribution in [0.25, 0.3) is 11.2 Å². The quantitative estimate of drug-likeness (QED) is 0.280. The van der Waals surface area contributed by atoms with Crippen LogP contribution in [0.4, 0.5) is 5.69 Å². The summed E-state index contributed by atoms with van der Waals surface area (Å²) in [6.45, 7) is 0. The number of hydrogen-bond acceptors (Lipinski definition) is 6. The summed E-state index contributed by atoms with van der Waals surface area (Å²) in [5.74, 6) is 0. The lowest BCUT2D eigenvalue weighted by molar-refractivity contribution is 0.411. The van der Waals surface area contributed by atoms with Gasteiger partial charge in [-0.15, -0.1) is 0 Å². The van der Waals surface area contributed by atoms with E-state index >= 15 is 0 Å². The van der Waals surface area contributed by atoms with Gasteiger partial charge in [0.2, 0.25) is 4.77 Å². The molecule has 0 radical (unpaired) electrons. The zero-order chi connectivity index (χ0) is 12.8. The fourth-order valence-electron chi connectivity index (χ4n) is 1.18. The smallest absolute Gasteiger partial charge is 0.242 e. The average Bonchev–Trinajstić information content (AvgIpc) is 2.82. The van der Waals surface area contributed by atoms with Crippen LogP contribution in [0.2, 0.25) is 0 Å². The van der Waals surface area contributed by atoms with Gasteiger partial charge in [0.05, 0.1) is 11.4 Å². The molecule has 2 rings (SSSR count). The standard InChI is InChI=1S/C8H7N8OS/c9-13-10-5-17-12-6-1-3-7(4-2-6)16-8(18)11-14-15-16/h1-5,12H,(H,11,15,18)/q-1/b10-5+. The van der Waals surface area contributed by atoms with Gasteiger partial charge in [0.1, 0.15) is 6.40 Å². The van der Waals surface area contributed by atoms with Crippen LogP contribution in [0.15, 0.2) is 34.6 Å². The van der Waals surface area contributed by atoms with Crippen LogP contribution in [0.3, 0.4) is 0 Å². The number of nitrogens with zero attached hydrogens (tertiary/aromatic N) is 6. The summed E-state index contributed by atoms with van der Waals surface area (Å²) in [6, 6.07) is 7.08. The fourth-order valence-corrected chi connectivity index (χ4v) is 1.37. The molecule has 0 bridgehead atoms. The summed E-state index contributed by atoms with van der Waals surface area (Å²) >= 11 is 4.97. The highest BCUT2D eigenvalue weighted by Crippen LogP contribution is 2.12. The van der Waals surface area contributed by atoms with Crippen LogP contribution in [0.5, 0.6) is 0 Å². The minimum absolute atomic E-state index is 0.337. The monoisotopic (exact) mass is 263 g/mol. The Bertz CT molecular complexity index is 600. The molecule has 0 aliphatic rings. The Morgan fingerprint density at radius 1 is 1.44 bits per heavy atom. The van der Waals surface area contributed by atoms with E-state index in [-0.39, 0.29) is 0 Å². The average molecular weight is 263 g/mol. The van der Waals surface area contributed by atoms with Gasteiger partial charge in [0.25, 0.3) is 0 Å². The molecular formula is C8H7N8OS-. The van der Waals surface area contributed by atoms with Crippen LogP contribution in [0, 0.1) is 4.77 Å². The first-order valence-corrected chi connectivity index (χ1v) is 5.10. The Morgan fingerprint density at radius 2 is 2.22 bits per heavy atom. The van der Waals surface area contributed by atoms with Crippen molar-refractivity contribution in [1.82, 2.24) is 20.2 Å². The highest BCUT2D eigenvalue weighted by Gasteiger charge is 1.99. The third kappa shape index (κ3) is 2.74. The van der Waals surface area contributed by atoms with Gasteiger partial charge in [0.15, 0.2) is 0 Å². The van der Waals surface area contributed by atoms with Crippen molar-refractivity contribution in [3.05, 3.63) is 34.6 Å². The van der Waals surface area contributed by atoms with Gasteiger partial charge in [-0.3, -0.25) is 5.22 Å². The number of hydrogen-bond donors (Lipinski definition) is 2. The maximum atomic E-state index is 8.02. The Kier molecular flexibility index (Phi) is 3.71. The highest BCUT2D eigenvalue weighted by molar-refractivity contribution is 7.71. The molecule has 1 heterocycles. The third-order valence-corrected chi connectivity index (χ3v) is 2.19. The van der Waals surface area contributed by atoms with Crippen molar-refractivity contribution in [2.45, 2.75) is 0 Å². The topological polar surface area (TPSA) is 115 Å². The van der Waals surface area contributed by atoms with E-state index in [0.717, 1.165) is 12.1 Å². The van der Waals surface area contributed by atoms with E-state index < -0.39 is 0 Å². The number of rotatable bonds is 5. The van der Waals surface area contributed by atoms with E-state index in [1.165, 1.54) is 0 Å². The lowest BCUT2D eigenvalue weighted by atomic mass is 10.3. The summed E-state index contributed by atoms with van der Waals surface area (Å²) in [6.07, 6.45) is 0.947. The molecule has 18 heavy (non-hydrogen) atoms. The van der Waals surface area contributed by atoms with E-state index in [4.69, 9.17) is 22.6 Å². The fraction of sp³-hybridized carbons (Fsp3) is 0. The molecule has 0 aliphatic heterocycles. The van der Waals surface area contributed by atoms with Crippen molar-refractivity contribution in [2.24, 2.45) is 10.3 Å². The maximum absolute atomic E-state index is 8.02. The first-order valence-electron chi connectivity index (χ1n) is 4.69. The summed E-state index contributed by atoms with van der Waals surface area (Å²) < 4.78 is 1.88.